The Morgan fingerprint density at radius 3 is 2.63 bits per heavy atom. The van der Waals surface area contributed by atoms with Crippen LogP contribution in [0.25, 0.3) is 17.1 Å². The Bertz CT molecular complexity index is 1230. The number of aromatic nitrogens is 3. The molecule has 8 nitrogen and oxygen atoms in total. The summed E-state index contributed by atoms with van der Waals surface area (Å²) in [6.45, 7) is 5.60. The Balaban J connectivity index is 1.42. The molecule has 1 N–H and O–H groups in total. The predicted molar refractivity (Wildman–Crippen MR) is 127 cm³/mol. The fourth-order valence-corrected chi connectivity index (χ4v) is 3.74. The van der Waals surface area contributed by atoms with Crippen LogP contribution < -0.4 is 15.0 Å². The summed E-state index contributed by atoms with van der Waals surface area (Å²) in [6.07, 6.45) is 0.589. The Morgan fingerprint density at radius 2 is 1.89 bits per heavy atom. The number of amides is 1. The maximum absolute atomic E-state index is 12.3. The molecule has 3 heterocycles. The van der Waals surface area contributed by atoms with Crippen molar-refractivity contribution in [3.8, 4) is 5.75 Å². The second kappa shape index (κ2) is 10.3. The van der Waals surface area contributed by atoms with E-state index in [2.05, 4.69) is 41.9 Å². The normalized spacial score (nSPS) is 15.4. The molecule has 0 atom stereocenters. The van der Waals surface area contributed by atoms with Gasteiger partial charge in [-0.1, -0.05) is 12.1 Å². The van der Waals surface area contributed by atoms with Gasteiger partial charge < -0.3 is 19.9 Å². The molecule has 0 spiro atoms. The molecule has 0 aliphatic carbocycles. The van der Waals surface area contributed by atoms with Crippen molar-refractivity contribution in [1.29, 1.82) is 0 Å². The van der Waals surface area contributed by atoms with E-state index in [4.69, 9.17) is 0 Å². The van der Waals surface area contributed by atoms with Gasteiger partial charge in [0.25, 0.3) is 0 Å². The van der Waals surface area contributed by atoms with E-state index in [0.717, 1.165) is 43.7 Å². The van der Waals surface area contributed by atoms with E-state index in [0.29, 0.717) is 22.8 Å². The highest BCUT2D eigenvalue weighted by Gasteiger charge is 2.30. The lowest BCUT2D eigenvalue weighted by atomic mass is 10.2. The van der Waals surface area contributed by atoms with Crippen LogP contribution in [0.3, 0.4) is 0 Å². The van der Waals surface area contributed by atoms with Crippen LogP contribution in [0.4, 0.5) is 24.8 Å². The number of rotatable bonds is 5. The Labute approximate surface area is 200 Å². The molecule has 1 aliphatic heterocycles. The number of nitrogens with one attached hydrogen (secondary N) is 1. The third-order valence-electron chi connectivity index (χ3n) is 5.54. The highest BCUT2D eigenvalue weighted by atomic mass is 19.4. The monoisotopic (exact) mass is 486 g/mol. The van der Waals surface area contributed by atoms with Gasteiger partial charge in [0.05, 0.1) is 17.6 Å². The zero-order chi connectivity index (χ0) is 25.0. The number of ether oxygens (including phenoxy) is 1. The van der Waals surface area contributed by atoms with Gasteiger partial charge in [-0.3, -0.25) is 4.79 Å². The number of alkyl halides is 3. The minimum absolute atomic E-state index is 0.328. The molecule has 11 heteroatoms. The SMILES string of the molecule is Cc1nc(N2CCCN(C)CC2)nc2ncc(NC(=O)/C=C/c3ccc(OC(F)(F)F)cc3)cc12. The number of halogens is 3. The molecule has 184 valence electrons. The zero-order valence-electron chi connectivity index (χ0n) is 19.3. The van der Waals surface area contributed by atoms with Crippen LogP contribution >= 0.6 is 0 Å². The number of pyridine rings is 1. The second-order valence-corrected chi connectivity index (χ2v) is 8.29. The van der Waals surface area contributed by atoms with E-state index in [9.17, 15) is 18.0 Å². The van der Waals surface area contributed by atoms with Crippen LogP contribution in [0.2, 0.25) is 0 Å². The minimum Gasteiger partial charge on any atom is -0.406 e. The summed E-state index contributed by atoms with van der Waals surface area (Å²) in [5, 5.41) is 3.47. The lowest BCUT2D eigenvalue weighted by Gasteiger charge is -2.21. The van der Waals surface area contributed by atoms with Crippen molar-refractivity contribution in [3.05, 3.63) is 53.9 Å². The smallest absolute Gasteiger partial charge is 0.406 e. The van der Waals surface area contributed by atoms with Crippen molar-refractivity contribution in [2.24, 2.45) is 0 Å². The zero-order valence-corrected chi connectivity index (χ0v) is 19.3. The highest BCUT2D eigenvalue weighted by molar-refractivity contribution is 6.02. The quantitative estimate of drug-likeness (QED) is 0.546. The molecule has 1 aromatic carbocycles. The van der Waals surface area contributed by atoms with Gasteiger partial charge >= 0.3 is 6.36 Å². The summed E-state index contributed by atoms with van der Waals surface area (Å²) in [4.78, 5) is 30.5. The molecule has 4 rings (SSSR count). The molecule has 1 aliphatic rings. The molecule has 35 heavy (non-hydrogen) atoms. The summed E-state index contributed by atoms with van der Waals surface area (Å²) >= 11 is 0. The first kappa shape index (κ1) is 24.4. The van der Waals surface area contributed by atoms with E-state index < -0.39 is 12.3 Å². The van der Waals surface area contributed by atoms with Gasteiger partial charge in [0.1, 0.15) is 5.75 Å². The number of hydrogen-bond donors (Lipinski definition) is 1. The molecule has 0 saturated carbocycles. The fourth-order valence-electron chi connectivity index (χ4n) is 3.74. The summed E-state index contributed by atoms with van der Waals surface area (Å²) in [6, 6.07) is 6.97. The van der Waals surface area contributed by atoms with Crippen LogP contribution in [-0.2, 0) is 4.79 Å². The van der Waals surface area contributed by atoms with E-state index >= 15 is 0 Å². The van der Waals surface area contributed by atoms with Crippen LogP contribution in [0.5, 0.6) is 5.75 Å². The minimum atomic E-state index is -4.75. The number of anilines is 2. The van der Waals surface area contributed by atoms with Crippen LogP contribution in [0.1, 0.15) is 17.7 Å². The number of hydrogen-bond acceptors (Lipinski definition) is 7. The first-order valence-corrected chi connectivity index (χ1v) is 11.1. The first-order valence-electron chi connectivity index (χ1n) is 11.1. The standard InChI is InChI=1S/C24H25F3N6O2/c1-16-20-14-18(15-28-22(20)31-23(29-16)33-11-3-10-32(2)12-13-33)30-21(34)9-6-17-4-7-19(8-5-17)35-24(25,26)27/h4-9,14-15H,3,10-13H2,1-2H3,(H,30,34)/b9-6+. The van der Waals surface area contributed by atoms with Crippen molar-refractivity contribution in [3.63, 3.8) is 0 Å². The van der Waals surface area contributed by atoms with Crippen LogP contribution in [-0.4, -0.2) is 65.3 Å². The van der Waals surface area contributed by atoms with Gasteiger partial charge in [0, 0.05) is 31.1 Å². The number of nitrogens with zero attached hydrogens (tertiary/aromatic N) is 5. The number of benzene rings is 1. The number of carbonyl (C=O) groups is 1. The summed E-state index contributed by atoms with van der Waals surface area (Å²) < 4.78 is 40.6. The lowest BCUT2D eigenvalue weighted by molar-refractivity contribution is -0.274. The largest absolute Gasteiger partial charge is 0.573 e. The molecule has 1 saturated heterocycles. The van der Waals surface area contributed by atoms with Gasteiger partial charge in [-0.2, -0.15) is 4.98 Å². The summed E-state index contributed by atoms with van der Waals surface area (Å²) in [5.41, 5.74) is 2.35. The molecule has 0 bridgehead atoms. The van der Waals surface area contributed by atoms with E-state index in [1.165, 1.54) is 42.6 Å². The van der Waals surface area contributed by atoms with Gasteiger partial charge in [0.2, 0.25) is 11.9 Å². The molecule has 1 amide bonds. The molecular weight excluding hydrogens is 461 g/mol. The molecule has 2 aromatic heterocycles. The Kier molecular flexibility index (Phi) is 7.15. The van der Waals surface area contributed by atoms with E-state index in [1.54, 1.807) is 6.07 Å². The topological polar surface area (TPSA) is 83.5 Å². The van der Waals surface area contributed by atoms with Gasteiger partial charge in [0.15, 0.2) is 5.65 Å². The van der Waals surface area contributed by atoms with Crippen molar-refractivity contribution >= 4 is 34.7 Å². The van der Waals surface area contributed by atoms with Crippen molar-refractivity contribution in [2.45, 2.75) is 19.7 Å². The number of likely N-dealkylation sites (N-methyl/N-ethyl adjacent to an activating group) is 1. The molecule has 0 unspecified atom stereocenters. The molecule has 0 radical (unpaired) electrons. The van der Waals surface area contributed by atoms with E-state index in [1.807, 2.05) is 6.92 Å². The third-order valence-corrected chi connectivity index (χ3v) is 5.54. The maximum Gasteiger partial charge on any atom is 0.573 e. The summed E-state index contributed by atoms with van der Waals surface area (Å²) in [5.74, 6) is -0.0833. The second-order valence-electron chi connectivity index (χ2n) is 8.29. The number of aryl methyl sites for hydroxylation is 1. The van der Waals surface area contributed by atoms with Crippen molar-refractivity contribution < 1.29 is 22.7 Å². The van der Waals surface area contributed by atoms with Gasteiger partial charge in [-0.15, -0.1) is 13.2 Å². The average molecular weight is 486 g/mol. The van der Waals surface area contributed by atoms with Gasteiger partial charge in [-0.05, 0) is 56.8 Å². The van der Waals surface area contributed by atoms with Gasteiger partial charge in [-0.25, -0.2) is 9.97 Å². The van der Waals surface area contributed by atoms with Crippen molar-refractivity contribution in [2.75, 3.05) is 43.4 Å². The van der Waals surface area contributed by atoms with Crippen LogP contribution in [0, 0.1) is 6.92 Å². The fraction of sp³-hybridized carbons (Fsp3) is 0.333. The highest BCUT2D eigenvalue weighted by Crippen LogP contribution is 2.24. The molecule has 1 fully saturated rings. The summed E-state index contributed by atoms with van der Waals surface area (Å²) in [7, 11) is 2.10. The third kappa shape index (κ3) is 6.66. The molecule has 3 aromatic rings. The van der Waals surface area contributed by atoms with E-state index in [-0.39, 0.29) is 5.75 Å². The predicted octanol–water partition coefficient (Wildman–Crippen LogP) is 4.03. The maximum atomic E-state index is 12.3. The Hall–Kier alpha value is -3.73. The first-order chi connectivity index (χ1) is 16.7. The molecular formula is C24H25F3N6O2. The Morgan fingerprint density at radius 1 is 1.11 bits per heavy atom. The number of fused-ring (bicyclic) bond motifs is 1. The van der Waals surface area contributed by atoms with Crippen molar-refractivity contribution in [1.82, 2.24) is 19.9 Å². The number of carbonyl (C=O) groups excluding carboxylic acids is 1. The lowest BCUT2D eigenvalue weighted by Crippen LogP contribution is -2.30. The van der Waals surface area contributed by atoms with Crippen LogP contribution in [0.15, 0.2) is 42.6 Å². The average Bonchev–Trinajstić information content (AvgIpc) is 3.02.